The van der Waals surface area contributed by atoms with Crippen LogP contribution in [-0.4, -0.2) is 0 Å². The van der Waals surface area contributed by atoms with E-state index in [-0.39, 0.29) is 0 Å². The molecule has 12 heavy (non-hydrogen) atoms. The molecule has 1 aliphatic rings. The third kappa shape index (κ3) is 5.40. The van der Waals surface area contributed by atoms with Gasteiger partial charge in [0.05, 0.1) is 0 Å². The summed E-state index contributed by atoms with van der Waals surface area (Å²) in [6.07, 6.45) is 11.9. The van der Waals surface area contributed by atoms with Gasteiger partial charge in [0.1, 0.15) is 0 Å². The lowest BCUT2D eigenvalue weighted by Crippen LogP contribution is -1.91. The van der Waals surface area contributed by atoms with Gasteiger partial charge in [-0.2, -0.15) is 0 Å². The summed E-state index contributed by atoms with van der Waals surface area (Å²) < 4.78 is 0. The minimum absolute atomic E-state index is 1.12. The fraction of sp³-hybridized carbons (Fsp3) is 0.833. The molecule has 0 amide bonds. The second kappa shape index (κ2) is 8.83. The largest absolute Gasteiger partial charge is 0.106 e. The molecule has 0 spiro atoms. The zero-order valence-electron chi connectivity index (χ0n) is 8.65. The summed E-state index contributed by atoms with van der Waals surface area (Å²) >= 11 is 0. The molecule has 72 valence electrons. The molecule has 1 saturated carbocycles. The Kier molecular flexibility index (Phi) is 8.64. The summed E-state index contributed by atoms with van der Waals surface area (Å²) in [6, 6.07) is 0. The predicted molar refractivity (Wildman–Crippen MR) is 57.4 cm³/mol. The Morgan fingerprint density at radius 3 is 2.17 bits per heavy atom. The molecule has 0 N–H and O–H groups in total. The van der Waals surface area contributed by atoms with Crippen LogP contribution in [0.1, 0.15) is 58.3 Å². The zero-order chi connectivity index (χ0) is 9.23. The smallest absolute Gasteiger partial charge is 0.0414 e. The maximum Gasteiger partial charge on any atom is -0.0414 e. The molecule has 0 aliphatic heterocycles. The Hall–Kier alpha value is -0.260. The summed E-state index contributed by atoms with van der Waals surface area (Å²) in [5.41, 5.74) is 0. The second-order valence-electron chi connectivity index (χ2n) is 3.65. The Morgan fingerprint density at radius 1 is 1.08 bits per heavy atom. The summed E-state index contributed by atoms with van der Waals surface area (Å²) in [4.78, 5) is 0. The van der Waals surface area contributed by atoms with E-state index in [9.17, 15) is 0 Å². The standard InChI is InChI=1S/C10H20.C2H4/c1-2-3-4-7-10-8-5-6-9-10;1-2/h10H,2-9H2,1H3;1-2H2. The first-order chi connectivity index (χ1) is 5.93. The van der Waals surface area contributed by atoms with E-state index < -0.39 is 0 Å². The molecule has 0 saturated heterocycles. The fourth-order valence-electron chi connectivity index (χ4n) is 1.98. The van der Waals surface area contributed by atoms with E-state index in [4.69, 9.17) is 0 Å². The van der Waals surface area contributed by atoms with Crippen molar-refractivity contribution in [2.45, 2.75) is 58.3 Å². The van der Waals surface area contributed by atoms with E-state index in [2.05, 4.69) is 20.1 Å². The molecule has 0 atom stereocenters. The second-order valence-corrected chi connectivity index (χ2v) is 3.65. The molecule has 1 fully saturated rings. The minimum Gasteiger partial charge on any atom is -0.106 e. The van der Waals surface area contributed by atoms with Crippen LogP contribution in [0.25, 0.3) is 0 Å². The Labute approximate surface area is 78.1 Å². The van der Waals surface area contributed by atoms with Crippen LogP contribution >= 0.6 is 0 Å². The van der Waals surface area contributed by atoms with Gasteiger partial charge in [0.25, 0.3) is 0 Å². The van der Waals surface area contributed by atoms with Crippen molar-refractivity contribution in [2.24, 2.45) is 5.92 Å². The van der Waals surface area contributed by atoms with Crippen LogP contribution < -0.4 is 0 Å². The molecule has 0 heteroatoms. The maximum absolute atomic E-state index is 3.00. The lowest BCUT2D eigenvalue weighted by atomic mass is 10.0. The van der Waals surface area contributed by atoms with Gasteiger partial charge in [0.15, 0.2) is 0 Å². The summed E-state index contributed by atoms with van der Waals surface area (Å²) in [5.74, 6) is 1.12. The van der Waals surface area contributed by atoms with Crippen molar-refractivity contribution in [1.29, 1.82) is 0 Å². The van der Waals surface area contributed by atoms with E-state index in [0.717, 1.165) is 5.92 Å². The average Bonchev–Trinajstić information content (AvgIpc) is 2.61. The molecule has 0 aromatic heterocycles. The SMILES string of the molecule is C=C.CCCCCC1CCCC1. The van der Waals surface area contributed by atoms with E-state index in [1.807, 2.05) is 0 Å². The molecule has 1 rings (SSSR count). The lowest BCUT2D eigenvalue weighted by molar-refractivity contribution is 0.471. The third-order valence-electron chi connectivity index (χ3n) is 2.69. The van der Waals surface area contributed by atoms with E-state index in [1.165, 1.54) is 51.4 Å². The van der Waals surface area contributed by atoms with Gasteiger partial charge in [-0.05, 0) is 5.92 Å². The van der Waals surface area contributed by atoms with Gasteiger partial charge in [0, 0.05) is 0 Å². The van der Waals surface area contributed by atoms with Gasteiger partial charge in [-0.1, -0.05) is 58.3 Å². The van der Waals surface area contributed by atoms with E-state index >= 15 is 0 Å². The first-order valence-corrected chi connectivity index (χ1v) is 5.43. The first kappa shape index (κ1) is 11.7. The third-order valence-corrected chi connectivity index (χ3v) is 2.69. The molecule has 0 heterocycles. The number of rotatable bonds is 4. The molecule has 0 radical (unpaired) electrons. The van der Waals surface area contributed by atoms with Crippen LogP contribution in [0.3, 0.4) is 0 Å². The highest BCUT2D eigenvalue weighted by molar-refractivity contribution is 4.66. The van der Waals surface area contributed by atoms with Gasteiger partial charge >= 0.3 is 0 Å². The van der Waals surface area contributed by atoms with Crippen LogP contribution in [0.2, 0.25) is 0 Å². The Bertz CT molecular complexity index is 80.0. The average molecular weight is 168 g/mol. The molecule has 0 unspecified atom stereocenters. The normalized spacial score (nSPS) is 17.1. The van der Waals surface area contributed by atoms with E-state index in [1.54, 1.807) is 0 Å². The highest BCUT2D eigenvalue weighted by atomic mass is 14.2. The highest BCUT2D eigenvalue weighted by Crippen LogP contribution is 2.28. The molecule has 1 aliphatic carbocycles. The molecule has 0 aromatic carbocycles. The van der Waals surface area contributed by atoms with Crippen molar-refractivity contribution < 1.29 is 0 Å². The highest BCUT2D eigenvalue weighted by Gasteiger charge is 2.13. The minimum atomic E-state index is 1.12. The van der Waals surface area contributed by atoms with Crippen molar-refractivity contribution in [3.63, 3.8) is 0 Å². The maximum atomic E-state index is 3.00. The molecule has 0 aromatic rings. The van der Waals surface area contributed by atoms with Crippen molar-refractivity contribution in [3.8, 4) is 0 Å². The predicted octanol–water partition coefficient (Wildman–Crippen LogP) is 4.56. The number of hydrogen-bond acceptors (Lipinski definition) is 0. The van der Waals surface area contributed by atoms with Gasteiger partial charge in [-0.15, -0.1) is 13.2 Å². The van der Waals surface area contributed by atoms with Crippen molar-refractivity contribution in [1.82, 2.24) is 0 Å². The van der Waals surface area contributed by atoms with Gasteiger partial charge in [-0.3, -0.25) is 0 Å². The molecule has 0 nitrogen and oxygen atoms in total. The topological polar surface area (TPSA) is 0 Å². The zero-order valence-corrected chi connectivity index (χ0v) is 8.65. The monoisotopic (exact) mass is 168 g/mol. The van der Waals surface area contributed by atoms with Crippen molar-refractivity contribution in [3.05, 3.63) is 13.2 Å². The van der Waals surface area contributed by atoms with Crippen LogP contribution in [0, 0.1) is 5.92 Å². The lowest BCUT2D eigenvalue weighted by Gasteiger charge is -2.06. The molecular weight excluding hydrogens is 144 g/mol. The number of hydrogen-bond donors (Lipinski definition) is 0. The van der Waals surface area contributed by atoms with Crippen molar-refractivity contribution in [2.75, 3.05) is 0 Å². The first-order valence-electron chi connectivity index (χ1n) is 5.43. The van der Waals surface area contributed by atoms with Crippen LogP contribution in [0.5, 0.6) is 0 Å². The Balaban J connectivity index is 0.000000561. The van der Waals surface area contributed by atoms with Gasteiger partial charge in [-0.25, -0.2) is 0 Å². The Morgan fingerprint density at radius 2 is 1.67 bits per heavy atom. The van der Waals surface area contributed by atoms with Gasteiger partial charge < -0.3 is 0 Å². The quantitative estimate of drug-likeness (QED) is 0.426. The summed E-state index contributed by atoms with van der Waals surface area (Å²) in [7, 11) is 0. The summed E-state index contributed by atoms with van der Waals surface area (Å²) in [5, 5.41) is 0. The number of unbranched alkanes of at least 4 members (excludes halogenated alkanes) is 2. The van der Waals surface area contributed by atoms with Crippen molar-refractivity contribution >= 4 is 0 Å². The van der Waals surface area contributed by atoms with E-state index in [0.29, 0.717) is 0 Å². The summed E-state index contributed by atoms with van der Waals surface area (Å²) in [6.45, 7) is 8.29. The van der Waals surface area contributed by atoms with Crippen LogP contribution in [0.4, 0.5) is 0 Å². The molecular formula is C12H24. The van der Waals surface area contributed by atoms with Gasteiger partial charge in [0.2, 0.25) is 0 Å². The molecule has 0 bridgehead atoms. The fourth-order valence-corrected chi connectivity index (χ4v) is 1.98. The van der Waals surface area contributed by atoms with Crippen LogP contribution in [0.15, 0.2) is 13.2 Å². The van der Waals surface area contributed by atoms with Crippen LogP contribution in [-0.2, 0) is 0 Å².